The smallest absolute Gasteiger partial charge is 0.315 e. The van der Waals surface area contributed by atoms with Gasteiger partial charge in [-0.15, -0.1) is 0 Å². The molecule has 0 radical (unpaired) electrons. The molecule has 108 valence electrons. The first-order valence-electron chi connectivity index (χ1n) is 6.37. The quantitative estimate of drug-likeness (QED) is 0.593. The van der Waals surface area contributed by atoms with Crippen molar-refractivity contribution in [1.82, 2.24) is 10.6 Å². The number of furan rings is 1. The van der Waals surface area contributed by atoms with Gasteiger partial charge in [-0.25, -0.2) is 4.79 Å². The highest BCUT2D eigenvalue weighted by Gasteiger charge is 2.26. The molecule has 6 heteroatoms. The highest BCUT2D eigenvalue weighted by Crippen LogP contribution is 2.19. The van der Waals surface area contributed by atoms with Crippen molar-refractivity contribution in [2.75, 3.05) is 13.2 Å². The molecule has 2 atom stereocenters. The van der Waals surface area contributed by atoms with Gasteiger partial charge in [0.15, 0.2) is 0 Å². The van der Waals surface area contributed by atoms with Gasteiger partial charge in [-0.1, -0.05) is 0 Å². The standard InChI is InChI=1S/C13H22N2O4/c1-10(5-3-7-16)15-12(17)14-9-13(2,18)11-6-4-8-19-11/h4,6,8,10,16,18H,3,5,7,9H2,1-2H3,(H2,14,15,17). The van der Waals surface area contributed by atoms with Crippen molar-refractivity contribution in [2.24, 2.45) is 0 Å². The molecule has 1 aromatic heterocycles. The largest absolute Gasteiger partial charge is 0.466 e. The number of hydrogen-bond donors (Lipinski definition) is 4. The maximum Gasteiger partial charge on any atom is 0.315 e. The summed E-state index contributed by atoms with van der Waals surface area (Å²) in [4.78, 5) is 11.6. The van der Waals surface area contributed by atoms with Crippen molar-refractivity contribution in [3.05, 3.63) is 24.2 Å². The average molecular weight is 270 g/mol. The van der Waals surface area contributed by atoms with E-state index in [9.17, 15) is 9.90 Å². The van der Waals surface area contributed by atoms with E-state index in [0.29, 0.717) is 18.6 Å². The fourth-order valence-electron chi connectivity index (χ4n) is 1.67. The second-order valence-corrected chi connectivity index (χ2v) is 4.85. The Bertz CT molecular complexity index is 376. The minimum Gasteiger partial charge on any atom is -0.466 e. The van der Waals surface area contributed by atoms with Gasteiger partial charge in [0.05, 0.1) is 12.8 Å². The minimum absolute atomic E-state index is 0.0271. The van der Waals surface area contributed by atoms with E-state index in [-0.39, 0.29) is 25.2 Å². The van der Waals surface area contributed by atoms with Crippen molar-refractivity contribution in [3.63, 3.8) is 0 Å². The molecule has 0 saturated heterocycles. The lowest BCUT2D eigenvalue weighted by Gasteiger charge is -2.22. The monoisotopic (exact) mass is 270 g/mol. The minimum atomic E-state index is -1.24. The number of aliphatic hydroxyl groups excluding tert-OH is 1. The zero-order valence-electron chi connectivity index (χ0n) is 11.3. The Hall–Kier alpha value is -1.53. The lowest BCUT2D eigenvalue weighted by molar-refractivity contribution is 0.0366. The fraction of sp³-hybridized carbons (Fsp3) is 0.615. The summed E-state index contributed by atoms with van der Waals surface area (Å²) < 4.78 is 5.12. The molecule has 2 unspecified atom stereocenters. The van der Waals surface area contributed by atoms with Crippen LogP contribution in [-0.2, 0) is 5.60 Å². The zero-order chi connectivity index (χ0) is 14.3. The summed E-state index contributed by atoms with van der Waals surface area (Å²) in [6.45, 7) is 3.60. The molecular weight excluding hydrogens is 248 g/mol. The van der Waals surface area contributed by atoms with Crippen molar-refractivity contribution >= 4 is 6.03 Å². The summed E-state index contributed by atoms with van der Waals surface area (Å²) in [6, 6.07) is 2.96. The number of rotatable bonds is 7. The number of amides is 2. The van der Waals surface area contributed by atoms with Gasteiger partial charge in [0.2, 0.25) is 0 Å². The summed E-state index contributed by atoms with van der Waals surface area (Å²) in [7, 11) is 0. The van der Waals surface area contributed by atoms with Crippen LogP contribution in [0.15, 0.2) is 22.8 Å². The second-order valence-electron chi connectivity index (χ2n) is 4.85. The second kappa shape index (κ2) is 7.16. The lowest BCUT2D eigenvalue weighted by atomic mass is 10.0. The first kappa shape index (κ1) is 15.5. The van der Waals surface area contributed by atoms with E-state index < -0.39 is 5.60 Å². The van der Waals surface area contributed by atoms with Crippen LogP contribution < -0.4 is 10.6 Å². The molecule has 0 fully saturated rings. The fourth-order valence-corrected chi connectivity index (χ4v) is 1.67. The van der Waals surface area contributed by atoms with Crippen LogP contribution >= 0.6 is 0 Å². The highest BCUT2D eigenvalue weighted by atomic mass is 16.4. The van der Waals surface area contributed by atoms with Gasteiger partial charge in [-0.05, 0) is 38.8 Å². The zero-order valence-corrected chi connectivity index (χ0v) is 11.3. The summed E-state index contributed by atoms with van der Waals surface area (Å²) in [6.07, 6.45) is 2.82. The van der Waals surface area contributed by atoms with Crippen LogP contribution in [0.4, 0.5) is 4.79 Å². The lowest BCUT2D eigenvalue weighted by Crippen LogP contribution is -2.46. The van der Waals surface area contributed by atoms with Crippen LogP contribution in [0.5, 0.6) is 0 Å². The van der Waals surface area contributed by atoms with Crippen LogP contribution in [0.2, 0.25) is 0 Å². The highest BCUT2D eigenvalue weighted by molar-refractivity contribution is 5.74. The number of carbonyl (C=O) groups excluding carboxylic acids is 1. The molecule has 0 bridgehead atoms. The molecule has 0 aliphatic heterocycles. The maximum atomic E-state index is 11.6. The summed E-state index contributed by atoms with van der Waals surface area (Å²) in [5.41, 5.74) is -1.24. The van der Waals surface area contributed by atoms with Gasteiger partial charge in [-0.3, -0.25) is 0 Å². The third kappa shape index (κ3) is 5.32. The number of hydrogen-bond acceptors (Lipinski definition) is 4. The molecular formula is C13H22N2O4. The number of nitrogens with one attached hydrogen (secondary N) is 2. The Kier molecular flexibility index (Phi) is 5.85. The number of urea groups is 1. The third-order valence-corrected chi connectivity index (χ3v) is 2.82. The first-order chi connectivity index (χ1) is 8.95. The Labute approximate surface area is 112 Å². The topological polar surface area (TPSA) is 94.7 Å². The SMILES string of the molecule is CC(CCCO)NC(=O)NCC(C)(O)c1ccco1. The van der Waals surface area contributed by atoms with Gasteiger partial charge < -0.3 is 25.3 Å². The molecule has 0 aliphatic carbocycles. The predicted molar refractivity (Wildman–Crippen MR) is 70.6 cm³/mol. The Balaban J connectivity index is 2.34. The van der Waals surface area contributed by atoms with E-state index in [1.54, 1.807) is 19.1 Å². The van der Waals surface area contributed by atoms with Gasteiger partial charge >= 0.3 is 6.03 Å². The number of aliphatic hydroxyl groups is 2. The van der Waals surface area contributed by atoms with E-state index in [4.69, 9.17) is 9.52 Å². The summed E-state index contributed by atoms with van der Waals surface area (Å²) in [5, 5.41) is 24.1. The average Bonchev–Trinajstić information content (AvgIpc) is 2.88. The Morgan fingerprint density at radius 1 is 1.58 bits per heavy atom. The van der Waals surface area contributed by atoms with Crippen LogP contribution in [0, 0.1) is 0 Å². The van der Waals surface area contributed by atoms with E-state index in [0.717, 1.165) is 0 Å². The van der Waals surface area contributed by atoms with Gasteiger partial charge in [0.1, 0.15) is 11.4 Å². The summed E-state index contributed by atoms with van der Waals surface area (Å²) >= 11 is 0. The van der Waals surface area contributed by atoms with Crippen LogP contribution in [-0.4, -0.2) is 35.4 Å². The van der Waals surface area contributed by atoms with Crippen molar-refractivity contribution < 1.29 is 19.4 Å². The van der Waals surface area contributed by atoms with Crippen LogP contribution in [0.25, 0.3) is 0 Å². The van der Waals surface area contributed by atoms with E-state index in [1.807, 2.05) is 6.92 Å². The molecule has 2 amide bonds. The molecule has 4 N–H and O–H groups in total. The maximum absolute atomic E-state index is 11.6. The van der Waals surface area contributed by atoms with Gasteiger partial charge in [-0.2, -0.15) is 0 Å². The number of carbonyl (C=O) groups is 1. The molecule has 1 rings (SSSR count). The van der Waals surface area contributed by atoms with E-state index in [1.165, 1.54) is 6.26 Å². The Morgan fingerprint density at radius 3 is 2.89 bits per heavy atom. The van der Waals surface area contributed by atoms with Crippen molar-refractivity contribution in [3.8, 4) is 0 Å². The normalized spacial score (nSPS) is 15.6. The molecule has 1 aromatic rings. The molecule has 0 spiro atoms. The molecule has 19 heavy (non-hydrogen) atoms. The first-order valence-corrected chi connectivity index (χ1v) is 6.37. The molecule has 0 saturated carbocycles. The molecule has 6 nitrogen and oxygen atoms in total. The van der Waals surface area contributed by atoms with Crippen LogP contribution in [0.1, 0.15) is 32.4 Å². The predicted octanol–water partition coefficient (Wildman–Crippen LogP) is 0.947. The summed E-state index contributed by atoms with van der Waals surface area (Å²) in [5.74, 6) is 0.404. The molecule has 0 aromatic carbocycles. The van der Waals surface area contributed by atoms with Crippen LogP contribution in [0.3, 0.4) is 0 Å². The van der Waals surface area contributed by atoms with Crippen molar-refractivity contribution in [2.45, 2.75) is 38.3 Å². The van der Waals surface area contributed by atoms with Crippen molar-refractivity contribution in [1.29, 1.82) is 0 Å². The molecule has 1 heterocycles. The third-order valence-electron chi connectivity index (χ3n) is 2.82. The molecule has 0 aliphatic rings. The van der Waals surface area contributed by atoms with E-state index in [2.05, 4.69) is 10.6 Å². The van der Waals surface area contributed by atoms with Gasteiger partial charge in [0, 0.05) is 12.6 Å². The van der Waals surface area contributed by atoms with E-state index >= 15 is 0 Å². The van der Waals surface area contributed by atoms with Gasteiger partial charge in [0.25, 0.3) is 0 Å². The Morgan fingerprint density at radius 2 is 2.32 bits per heavy atom.